The van der Waals surface area contributed by atoms with Gasteiger partial charge in [0.25, 0.3) is 5.91 Å². The van der Waals surface area contributed by atoms with Gasteiger partial charge in [-0.05, 0) is 49.7 Å². The molecular formula is C22H17ClN2O5. The Morgan fingerprint density at radius 1 is 1.23 bits per heavy atom. The van der Waals surface area contributed by atoms with Gasteiger partial charge in [-0.1, -0.05) is 17.7 Å². The van der Waals surface area contributed by atoms with Crippen LogP contribution in [0.15, 0.2) is 53.1 Å². The second-order valence-electron chi connectivity index (χ2n) is 6.18. The van der Waals surface area contributed by atoms with Gasteiger partial charge in [0.05, 0.1) is 35.1 Å². The number of furan rings is 1. The average molecular weight is 425 g/mol. The van der Waals surface area contributed by atoms with Crippen LogP contribution in [0.5, 0.6) is 11.5 Å². The van der Waals surface area contributed by atoms with Crippen LogP contribution in [-0.2, 0) is 0 Å². The smallest absolute Gasteiger partial charge is 0.343 e. The third kappa shape index (κ3) is 4.62. The number of nitriles is 1. The Morgan fingerprint density at radius 2 is 2.03 bits per heavy atom. The van der Waals surface area contributed by atoms with Crippen LogP contribution in [0.3, 0.4) is 0 Å². The molecule has 0 saturated heterocycles. The molecule has 1 amide bonds. The molecule has 0 fully saturated rings. The minimum atomic E-state index is -0.698. The number of nitrogens with one attached hydrogen (secondary N) is 1. The highest BCUT2D eigenvalue weighted by molar-refractivity contribution is 6.32. The number of carbonyl (C=O) groups excluding carboxylic acids is 2. The number of benzene rings is 2. The number of hydrogen-bond donors (Lipinski definition) is 1. The highest BCUT2D eigenvalue weighted by atomic mass is 35.5. The van der Waals surface area contributed by atoms with Crippen LogP contribution in [0.1, 0.15) is 39.0 Å². The predicted octanol–water partition coefficient (Wildman–Crippen LogP) is 4.98. The molecule has 3 aromatic rings. The molecular weight excluding hydrogens is 408 g/mol. The number of amides is 1. The fraction of sp³-hybridized carbons (Fsp3) is 0.136. The number of halogens is 1. The molecule has 2 aromatic carbocycles. The number of aryl methyl sites for hydroxylation is 1. The summed E-state index contributed by atoms with van der Waals surface area (Å²) in [7, 11) is 0. The van der Waals surface area contributed by atoms with Gasteiger partial charge in [0, 0.05) is 11.8 Å². The first-order chi connectivity index (χ1) is 14.4. The Labute approximate surface area is 177 Å². The van der Waals surface area contributed by atoms with Crippen molar-refractivity contribution in [3.8, 4) is 17.6 Å². The van der Waals surface area contributed by atoms with Crippen molar-refractivity contribution in [2.45, 2.75) is 13.8 Å². The fourth-order valence-corrected chi connectivity index (χ4v) is 2.87. The minimum absolute atomic E-state index is 0.0178. The lowest BCUT2D eigenvalue weighted by Crippen LogP contribution is -2.14. The summed E-state index contributed by atoms with van der Waals surface area (Å²) in [4.78, 5) is 25.0. The summed E-state index contributed by atoms with van der Waals surface area (Å²) in [5, 5.41) is 11.9. The molecule has 30 heavy (non-hydrogen) atoms. The maximum atomic E-state index is 12.7. The molecule has 1 heterocycles. The van der Waals surface area contributed by atoms with Gasteiger partial charge in [0.2, 0.25) is 0 Å². The molecule has 1 aromatic heterocycles. The zero-order valence-electron chi connectivity index (χ0n) is 16.2. The number of ether oxygens (including phenoxy) is 2. The number of hydrogen-bond acceptors (Lipinski definition) is 6. The lowest BCUT2D eigenvalue weighted by Gasteiger charge is -2.14. The third-order valence-corrected chi connectivity index (χ3v) is 4.38. The van der Waals surface area contributed by atoms with Gasteiger partial charge < -0.3 is 19.2 Å². The molecule has 0 aliphatic rings. The summed E-state index contributed by atoms with van der Waals surface area (Å²) >= 11 is 6.19. The first-order valence-corrected chi connectivity index (χ1v) is 9.34. The standard InChI is InChI=1S/C22H17ClN2O5/c1-3-28-19-10-14(12-24)9-16(23)20(19)30-22(27)15-7-6-13(2)17(11-15)25-21(26)18-5-4-8-29-18/h4-11H,3H2,1-2H3,(H,25,26). The quantitative estimate of drug-likeness (QED) is 0.442. The first-order valence-electron chi connectivity index (χ1n) is 8.97. The van der Waals surface area contributed by atoms with E-state index in [-0.39, 0.29) is 33.4 Å². The molecule has 0 aliphatic carbocycles. The van der Waals surface area contributed by atoms with Crippen LogP contribution in [0.4, 0.5) is 5.69 Å². The molecule has 8 heteroatoms. The van der Waals surface area contributed by atoms with Gasteiger partial charge in [-0.2, -0.15) is 5.26 Å². The molecule has 0 radical (unpaired) electrons. The molecule has 0 atom stereocenters. The Hall–Kier alpha value is -3.76. The van der Waals surface area contributed by atoms with Crippen LogP contribution >= 0.6 is 11.6 Å². The maximum absolute atomic E-state index is 12.7. The van der Waals surface area contributed by atoms with Gasteiger partial charge in [0.15, 0.2) is 17.3 Å². The van der Waals surface area contributed by atoms with Gasteiger partial charge in [-0.3, -0.25) is 4.79 Å². The summed E-state index contributed by atoms with van der Waals surface area (Å²) in [5.74, 6) is -0.788. The number of anilines is 1. The molecule has 0 unspecified atom stereocenters. The Kier molecular flexibility index (Phi) is 6.40. The molecule has 3 rings (SSSR count). The van der Waals surface area contributed by atoms with Crippen LogP contribution in [-0.4, -0.2) is 18.5 Å². The third-order valence-electron chi connectivity index (χ3n) is 4.10. The average Bonchev–Trinajstić information content (AvgIpc) is 3.27. The van der Waals surface area contributed by atoms with E-state index in [0.717, 1.165) is 5.56 Å². The summed E-state index contributed by atoms with van der Waals surface area (Å²) in [6, 6.07) is 12.7. The van der Waals surface area contributed by atoms with Crippen molar-refractivity contribution in [1.82, 2.24) is 0 Å². The predicted molar refractivity (Wildman–Crippen MR) is 110 cm³/mol. The van der Waals surface area contributed by atoms with Gasteiger partial charge >= 0.3 is 5.97 Å². The van der Waals surface area contributed by atoms with E-state index in [4.69, 9.17) is 30.8 Å². The Bertz CT molecular complexity index is 1130. The van der Waals surface area contributed by atoms with Crippen LogP contribution in [0.2, 0.25) is 5.02 Å². The topological polar surface area (TPSA) is 102 Å². The molecule has 7 nitrogen and oxygen atoms in total. The van der Waals surface area contributed by atoms with Crippen molar-refractivity contribution in [2.75, 3.05) is 11.9 Å². The van der Waals surface area contributed by atoms with E-state index in [2.05, 4.69) is 5.32 Å². The number of nitrogens with zero attached hydrogens (tertiary/aromatic N) is 1. The van der Waals surface area contributed by atoms with E-state index in [1.807, 2.05) is 6.07 Å². The van der Waals surface area contributed by atoms with E-state index in [0.29, 0.717) is 12.3 Å². The van der Waals surface area contributed by atoms with E-state index < -0.39 is 11.9 Å². The Morgan fingerprint density at radius 3 is 2.70 bits per heavy atom. The molecule has 0 spiro atoms. The first kappa shape index (κ1) is 21.0. The second kappa shape index (κ2) is 9.16. The van der Waals surface area contributed by atoms with E-state index in [1.165, 1.54) is 30.5 Å². The van der Waals surface area contributed by atoms with E-state index in [1.54, 1.807) is 32.0 Å². The lowest BCUT2D eigenvalue weighted by atomic mass is 10.1. The lowest BCUT2D eigenvalue weighted by molar-refractivity contribution is 0.0728. The highest BCUT2D eigenvalue weighted by Gasteiger charge is 2.19. The summed E-state index contributed by atoms with van der Waals surface area (Å²) in [5.41, 5.74) is 1.65. The van der Waals surface area contributed by atoms with E-state index in [9.17, 15) is 9.59 Å². The molecule has 152 valence electrons. The molecule has 0 bridgehead atoms. The number of carbonyl (C=O) groups is 2. The number of esters is 1. The summed E-state index contributed by atoms with van der Waals surface area (Å²) < 4.78 is 16.0. The summed E-state index contributed by atoms with van der Waals surface area (Å²) in [6.45, 7) is 3.84. The van der Waals surface area contributed by atoms with Crippen molar-refractivity contribution < 1.29 is 23.5 Å². The largest absolute Gasteiger partial charge is 0.490 e. The zero-order valence-corrected chi connectivity index (χ0v) is 16.9. The monoisotopic (exact) mass is 424 g/mol. The second-order valence-corrected chi connectivity index (χ2v) is 6.59. The van der Waals surface area contributed by atoms with Gasteiger partial charge in [-0.15, -0.1) is 0 Å². The molecule has 0 aliphatic heterocycles. The van der Waals surface area contributed by atoms with Crippen LogP contribution in [0, 0.1) is 18.3 Å². The van der Waals surface area contributed by atoms with Crippen molar-refractivity contribution >= 4 is 29.2 Å². The van der Waals surface area contributed by atoms with Crippen molar-refractivity contribution in [3.05, 3.63) is 76.2 Å². The highest BCUT2D eigenvalue weighted by Crippen LogP contribution is 2.37. The van der Waals surface area contributed by atoms with Crippen molar-refractivity contribution in [1.29, 1.82) is 5.26 Å². The van der Waals surface area contributed by atoms with Crippen molar-refractivity contribution in [3.63, 3.8) is 0 Å². The van der Waals surface area contributed by atoms with E-state index >= 15 is 0 Å². The zero-order chi connectivity index (χ0) is 21.7. The SMILES string of the molecule is CCOc1cc(C#N)cc(Cl)c1OC(=O)c1ccc(C)c(NC(=O)c2ccco2)c1. The molecule has 0 saturated carbocycles. The fourth-order valence-electron chi connectivity index (χ4n) is 2.62. The molecule has 1 N–H and O–H groups in total. The van der Waals surface area contributed by atoms with Gasteiger partial charge in [0.1, 0.15) is 0 Å². The number of rotatable bonds is 6. The van der Waals surface area contributed by atoms with Gasteiger partial charge in [-0.25, -0.2) is 4.79 Å². The minimum Gasteiger partial charge on any atom is -0.490 e. The Balaban J connectivity index is 1.86. The van der Waals surface area contributed by atoms with Crippen molar-refractivity contribution in [2.24, 2.45) is 0 Å². The maximum Gasteiger partial charge on any atom is 0.343 e. The summed E-state index contributed by atoms with van der Waals surface area (Å²) in [6.07, 6.45) is 1.40. The van der Waals surface area contributed by atoms with Crippen LogP contribution < -0.4 is 14.8 Å². The normalized spacial score (nSPS) is 10.2. The van der Waals surface area contributed by atoms with Crippen LogP contribution in [0.25, 0.3) is 0 Å².